The average Bonchev–Trinajstić information content (AvgIpc) is 2.04. The Labute approximate surface area is 80.7 Å². The molecular weight excluding hydrogens is 195 g/mol. The van der Waals surface area contributed by atoms with Crippen LogP contribution in [-0.2, 0) is 12.3 Å². The van der Waals surface area contributed by atoms with Crippen molar-refractivity contribution in [2.75, 3.05) is 0 Å². The first-order chi connectivity index (χ1) is 5.76. The van der Waals surface area contributed by atoms with Crippen LogP contribution >= 0.6 is 23.2 Å². The second-order valence-corrected chi connectivity index (χ2v) is 2.94. The van der Waals surface area contributed by atoms with Crippen molar-refractivity contribution in [3.05, 3.63) is 28.5 Å². The third-order valence-corrected chi connectivity index (χ3v) is 1.79. The number of alkyl halides is 1. The van der Waals surface area contributed by atoms with Crippen molar-refractivity contribution in [2.24, 2.45) is 0 Å². The van der Waals surface area contributed by atoms with Gasteiger partial charge in [0, 0.05) is 5.02 Å². The molecule has 0 radical (unpaired) electrons. The minimum absolute atomic E-state index is 0.268. The van der Waals surface area contributed by atoms with Gasteiger partial charge in [0.1, 0.15) is 0 Å². The van der Waals surface area contributed by atoms with E-state index in [1.165, 1.54) is 0 Å². The Morgan fingerprint density at radius 1 is 1.42 bits per heavy atom. The fourth-order valence-electron chi connectivity index (χ4n) is 0.849. The third kappa shape index (κ3) is 2.37. The Bertz CT molecular complexity index is 317. The predicted octanol–water partition coefficient (Wildman–Crippen LogP) is 2.54. The molecule has 0 aliphatic carbocycles. The molecule has 12 heavy (non-hydrogen) atoms. The zero-order chi connectivity index (χ0) is 8.97. The molecule has 4 heteroatoms. The molecule has 0 spiro atoms. The van der Waals surface area contributed by atoms with E-state index >= 15 is 0 Å². The summed E-state index contributed by atoms with van der Waals surface area (Å²) in [5, 5.41) is 8.98. The van der Waals surface area contributed by atoms with Gasteiger partial charge in [-0.05, 0) is 12.1 Å². The lowest BCUT2D eigenvalue weighted by Crippen LogP contribution is -1.92. The quantitative estimate of drug-likeness (QED) is 0.689. The standard InChI is InChI=1S/C8H6Cl2N2/c9-5-8-4-6(10)3-7(12-8)1-2-11/h3-4H,1,5H2. The van der Waals surface area contributed by atoms with Crippen LogP contribution in [0, 0.1) is 11.3 Å². The van der Waals surface area contributed by atoms with Gasteiger partial charge < -0.3 is 0 Å². The van der Waals surface area contributed by atoms with Crippen molar-refractivity contribution in [1.82, 2.24) is 4.98 Å². The number of halogens is 2. The van der Waals surface area contributed by atoms with Crippen molar-refractivity contribution in [2.45, 2.75) is 12.3 Å². The van der Waals surface area contributed by atoms with E-state index in [-0.39, 0.29) is 6.42 Å². The molecule has 1 heterocycles. The van der Waals surface area contributed by atoms with Crippen molar-refractivity contribution < 1.29 is 0 Å². The Hall–Kier alpha value is -0.780. The highest BCUT2D eigenvalue weighted by atomic mass is 35.5. The number of hydrogen-bond acceptors (Lipinski definition) is 2. The van der Waals surface area contributed by atoms with Crippen LogP contribution < -0.4 is 0 Å². The molecule has 0 atom stereocenters. The number of rotatable bonds is 2. The van der Waals surface area contributed by atoms with Gasteiger partial charge in [-0.3, -0.25) is 4.98 Å². The van der Waals surface area contributed by atoms with Crippen LogP contribution in [0.4, 0.5) is 0 Å². The van der Waals surface area contributed by atoms with Crippen LogP contribution in [0.15, 0.2) is 12.1 Å². The summed E-state index contributed by atoms with van der Waals surface area (Å²) < 4.78 is 0. The van der Waals surface area contributed by atoms with E-state index in [2.05, 4.69) is 4.98 Å². The summed E-state index contributed by atoms with van der Waals surface area (Å²) in [6.07, 6.45) is 0.268. The first-order valence-corrected chi connectivity index (χ1v) is 4.25. The van der Waals surface area contributed by atoms with E-state index < -0.39 is 0 Å². The van der Waals surface area contributed by atoms with E-state index in [9.17, 15) is 0 Å². The van der Waals surface area contributed by atoms with Gasteiger partial charge in [0.2, 0.25) is 0 Å². The highest BCUT2D eigenvalue weighted by Crippen LogP contribution is 2.13. The van der Waals surface area contributed by atoms with Gasteiger partial charge >= 0.3 is 0 Å². The van der Waals surface area contributed by atoms with Gasteiger partial charge in [-0.1, -0.05) is 11.6 Å². The SMILES string of the molecule is N#CCc1cc(Cl)cc(CCl)n1. The van der Waals surface area contributed by atoms with Crippen LogP contribution in [0.25, 0.3) is 0 Å². The van der Waals surface area contributed by atoms with Crippen molar-refractivity contribution in [1.29, 1.82) is 5.26 Å². The van der Waals surface area contributed by atoms with E-state index in [1.54, 1.807) is 12.1 Å². The van der Waals surface area contributed by atoms with Crippen LogP contribution in [0.2, 0.25) is 5.02 Å². The van der Waals surface area contributed by atoms with Gasteiger partial charge in [-0.25, -0.2) is 0 Å². The molecule has 1 rings (SSSR count). The monoisotopic (exact) mass is 200 g/mol. The highest BCUT2D eigenvalue weighted by molar-refractivity contribution is 6.30. The summed E-state index contributed by atoms with van der Waals surface area (Å²) in [6, 6.07) is 5.36. The predicted molar refractivity (Wildman–Crippen MR) is 48.1 cm³/mol. The number of nitriles is 1. The van der Waals surface area contributed by atoms with Crippen molar-refractivity contribution in [3.63, 3.8) is 0 Å². The maximum absolute atomic E-state index is 8.41. The second-order valence-electron chi connectivity index (χ2n) is 2.24. The summed E-state index contributed by atoms with van der Waals surface area (Å²) in [5.74, 6) is 0.318. The first-order valence-electron chi connectivity index (χ1n) is 3.34. The molecule has 0 fully saturated rings. The van der Waals surface area contributed by atoms with Gasteiger partial charge in [0.25, 0.3) is 0 Å². The zero-order valence-corrected chi connectivity index (χ0v) is 7.73. The molecule has 2 nitrogen and oxygen atoms in total. The Balaban J connectivity index is 2.99. The molecular formula is C8H6Cl2N2. The van der Waals surface area contributed by atoms with Crippen LogP contribution in [0.1, 0.15) is 11.4 Å². The summed E-state index contributed by atoms with van der Waals surface area (Å²) >= 11 is 11.3. The lowest BCUT2D eigenvalue weighted by atomic mass is 10.2. The fourth-order valence-corrected chi connectivity index (χ4v) is 1.24. The summed E-state index contributed by atoms with van der Waals surface area (Å²) in [6.45, 7) is 0. The molecule has 0 aliphatic heterocycles. The Morgan fingerprint density at radius 3 is 2.67 bits per heavy atom. The lowest BCUT2D eigenvalue weighted by Gasteiger charge is -1.99. The van der Waals surface area contributed by atoms with Crippen LogP contribution in [-0.4, -0.2) is 4.98 Å². The molecule has 0 amide bonds. The lowest BCUT2D eigenvalue weighted by molar-refractivity contribution is 1.05. The van der Waals surface area contributed by atoms with Crippen LogP contribution in [0.5, 0.6) is 0 Å². The summed E-state index contributed by atoms with van der Waals surface area (Å²) in [4.78, 5) is 4.10. The number of aromatic nitrogens is 1. The number of pyridine rings is 1. The maximum atomic E-state index is 8.41. The fraction of sp³-hybridized carbons (Fsp3) is 0.250. The minimum atomic E-state index is 0.268. The van der Waals surface area contributed by atoms with E-state index in [1.807, 2.05) is 6.07 Å². The van der Waals surface area contributed by atoms with Crippen molar-refractivity contribution in [3.8, 4) is 6.07 Å². The zero-order valence-electron chi connectivity index (χ0n) is 6.22. The highest BCUT2D eigenvalue weighted by Gasteiger charge is 1.99. The van der Waals surface area contributed by atoms with Crippen molar-refractivity contribution >= 4 is 23.2 Å². The summed E-state index contributed by atoms with van der Waals surface area (Å²) in [5.41, 5.74) is 1.37. The Kier molecular flexibility index (Phi) is 3.33. The summed E-state index contributed by atoms with van der Waals surface area (Å²) in [7, 11) is 0. The van der Waals surface area contributed by atoms with E-state index in [0.29, 0.717) is 22.3 Å². The number of hydrogen-bond donors (Lipinski definition) is 0. The third-order valence-electron chi connectivity index (χ3n) is 1.29. The molecule has 1 aromatic rings. The maximum Gasteiger partial charge on any atom is 0.0775 e. The van der Waals surface area contributed by atoms with E-state index in [4.69, 9.17) is 28.5 Å². The first kappa shape index (κ1) is 9.31. The Morgan fingerprint density at radius 2 is 2.08 bits per heavy atom. The molecule has 0 saturated carbocycles. The van der Waals surface area contributed by atoms with Gasteiger partial charge in [0.15, 0.2) is 0 Å². The van der Waals surface area contributed by atoms with Gasteiger partial charge in [-0.15, -0.1) is 11.6 Å². The van der Waals surface area contributed by atoms with Crippen LogP contribution in [0.3, 0.4) is 0 Å². The molecule has 0 aliphatic rings. The normalized spacial score (nSPS) is 9.42. The van der Waals surface area contributed by atoms with Gasteiger partial charge in [0.05, 0.1) is 29.8 Å². The number of nitrogens with zero attached hydrogens (tertiary/aromatic N) is 2. The molecule has 0 unspecified atom stereocenters. The molecule has 0 aromatic carbocycles. The largest absolute Gasteiger partial charge is 0.255 e. The average molecular weight is 201 g/mol. The molecule has 0 N–H and O–H groups in total. The second kappa shape index (κ2) is 4.30. The minimum Gasteiger partial charge on any atom is -0.255 e. The van der Waals surface area contributed by atoms with E-state index in [0.717, 1.165) is 0 Å². The smallest absolute Gasteiger partial charge is 0.0775 e. The molecule has 0 bridgehead atoms. The topological polar surface area (TPSA) is 36.7 Å². The molecule has 62 valence electrons. The molecule has 1 aromatic heterocycles. The molecule has 0 saturated heterocycles. The van der Waals surface area contributed by atoms with Gasteiger partial charge in [-0.2, -0.15) is 5.26 Å².